The highest BCUT2D eigenvalue weighted by Gasteiger charge is 2.47. The van der Waals surface area contributed by atoms with Crippen molar-refractivity contribution in [3.05, 3.63) is 28.8 Å². The van der Waals surface area contributed by atoms with Crippen molar-refractivity contribution >= 4 is 23.3 Å². The van der Waals surface area contributed by atoms with Gasteiger partial charge in [-0.3, -0.25) is 0 Å². The summed E-state index contributed by atoms with van der Waals surface area (Å²) in [4.78, 5) is 11.4. The summed E-state index contributed by atoms with van der Waals surface area (Å²) in [5.41, 5.74) is -0.000825. The summed E-state index contributed by atoms with van der Waals surface area (Å²) in [6.07, 6.45) is 1.81. The zero-order chi connectivity index (χ0) is 13.3. The highest BCUT2D eigenvalue weighted by Crippen LogP contribution is 2.42. The van der Waals surface area contributed by atoms with E-state index in [2.05, 4.69) is 5.32 Å². The molecule has 0 spiro atoms. The molecule has 18 heavy (non-hydrogen) atoms. The van der Waals surface area contributed by atoms with Crippen molar-refractivity contribution in [3.8, 4) is 6.07 Å². The van der Waals surface area contributed by atoms with E-state index in [1.165, 1.54) is 6.07 Å². The summed E-state index contributed by atoms with van der Waals surface area (Å²) in [5.74, 6) is -0.757. The van der Waals surface area contributed by atoms with Crippen LogP contribution in [0, 0.1) is 17.2 Å². The van der Waals surface area contributed by atoms with Gasteiger partial charge in [-0.05, 0) is 43.9 Å². The maximum absolute atomic E-state index is 11.4. The van der Waals surface area contributed by atoms with Gasteiger partial charge in [-0.25, -0.2) is 4.79 Å². The van der Waals surface area contributed by atoms with Crippen LogP contribution in [0.1, 0.15) is 25.3 Å². The normalized spacial score (nSPS) is 17.6. The van der Waals surface area contributed by atoms with E-state index in [4.69, 9.17) is 16.9 Å². The van der Waals surface area contributed by atoms with Crippen LogP contribution in [0.3, 0.4) is 0 Å². The Morgan fingerprint density at radius 1 is 1.61 bits per heavy atom. The van der Waals surface area contributed by atoms with Gasteiger partial charge in [-0.1, -0.05) is 11.6 Å². The number of anilines is 1. The second-order valence-electron chi connectivity index (χ2n) is 4.71. The molecule has 0 heterocycles. The number of hydrogen-bond donors (Lipinski definition) is 2. The lowest BCUT2D eigenvalue weighted by Crippen LogP contribution is -2.45. The highest BCUT2D eigenvalue weighted by molar-refractivity contribution is 6.33. The van der Waals surface area contributed by atoms with E-state index in [1.807, 2.05) is 6.07 Å². The van der Waals surface area contributed by atoms with Gasteiger partial charge in [-0.15, -0.1) is 0 Å². The number of nitriles is 1. The molecular formula is C13H13ClN2O2. The zero-order valence-corrected chi connectivity index (χ0v) is 10.7. The van der Waals surface area contributed by atoms with Crippen molar-refractivity contribution in [1.82, 2.24) is 0 Å². The zero-order valence-electron chi connectivity index (χ0n) is 9.90. The molecule has 0 amide bonds. The fourth-order valence-electron chi connectivity index (χ4n) is 1.96. The summed E-state index contributed by atoms with van der Waals surface area (Å²) in [7, 11) is 0. The Balaban J connectivity index is 2.28. The van der Waals surface area contributed by atoms with E-state index in [1.54, 1.807) is 19.1 Å². The maximum Gasteiger partial charge on any atom is 0.329 e. The quantitative estimate of drug-likeness (QED) is 0.877. The van der Waals surface area contributed by atoms with Gasteiger partial charge < -0.3 is 10.4 Å². The molecule has 1 aromatic rings. The predicted octanol–water partition coefficient (Wildman–Crippen LogP) is 2.88. The third kappa shape index (κ3) is 2.27. The average Bonchev–Trinajstić information content (AvgIpc) is 3.15. The van der Waals surface area contributed by atoms with Gasteiger partial charge in [0.2, 0.25) is 0 Å². The lowest BCUT2D eigenvalue weighted by atomic mass is 9.95. The lowest BCUT2D eigenvalue weighted by Gasteiger charge is -2.27. The van der Waals surface area contributed by atoms with Crippen LogP contribution in [0.15, 0.2) is 18.2 Å². The first kappa shape index (κ1) is 12.7. The van der Waals surface area contributed by atoms with Crippen LogP contribution in [0.4, 0.5) is 5.69 Å². The number of carbonyl (C=O) groups is 1. The van der Waals surface area contributed by atoms with Crippen LogP contribution in [0.5, 0.6) is 0 Å². The Morgan fingerprint density at radius 3 is 2.72 bits per heavy atom. The molecule has 94 valence electrons. The minimum atomic E-state index is -1.00. The van der Waals surface area contributed by atoms with Crippen LogP contribution in [-0.4, -0.2) is 16.6 Å². The van der Waals surface area contributed by atoms with Crippen molar-refractivity contribution in [3.63, 3.8) is 0 Å². The Labute approximate surface area is 110 Å². The Bertz CT molecular complexity index is 534. The molecule has 1 atom stereocenters. The smallest absolute Gasteiger partial charge is 0.329 e. The lowest BCUT2D eigenvalue weighted by molar-refractivity contribution is -0.142. The monoisotopic (exact) mass is 264 g/mol. The van der Waals surface area contributed by atoms with Gasteiger partial charge in [0.1, 0.15) is 5.54 Å². The first-order valence-electron chi connectivity index (χ1n) is 5.68. The summed E-state index contributed by atoms with van der Waals surface area (Å²) < 4.78 is 0. The van der Waals surface area contributed by atoms with E-state index >= 15 is 0 Å². The number of nitrogens with zero attached hydrogens (tertiary/aromatic N) is 1. The van der Waals surface area contributed by atoms with E-state index in [0.717, 1.165) is 12.8 Å². The number of aliphatic carboxylic acids is 1. The maximum atomic E-state index is 11.4. The van der Waals surface area contributed by atoms with Gasteiger partial charge in [0, 0.05) is 0 Å². The molecule has 1 unspecified atom stereocenters. The summed E-state index contributed by atoms with van der Waals surface area (Å²) in [6, 6.07) is 6.77. The topological polar surface area (TPSA) is 73.1 Å². The predicted molar refractivity (Wildman–Crippen MR) is 68.6 cm³/mol. The molecule has 0 saturated heterocycles. The van der Waals surface area contributed by atoms with Crippen molar-refractivity contribution in [2.75, 3.05) is 5.32 Å². The van der Waals surface area contributed by atoms with Crippen LogP contribution < -0.4 is 5.32 Å². The third-order valence-electron chi connectivity index (χ3n) is 3.33. The first-order chi connectivity index (χ1) is 8.47. The van der Waals surface area contributed by atoms with Gasteiger partial charge in [0.15, 0.2) is 0 Å². The SMILES string of the molecule is CC(Nc1ccc(C#N)cc1Cl)(C(=O)O)C1CC1. The second kappa shape index (κ2) is 4.51. The fraction of sp³-hybridized carbons (Fsp3) is 0.385. The Kier molecular flexibility index (Phi) is 3.18. The van der Waals surface area contributed by atoms with Crippen LogP contribution in [-0.2, 0) is 4.79 Å². The molecule has 1 fully saturated rings. The molecule has 0 aliphatic heterocycles. The molecule has 1 aliphatic carbocycles. The molecule has 1 aliphatic rings. The molecule has 1 aromatic carbocycles. The van der Waals surface area contributed by atoms with Crippen molar-refractivity contribution < 1.29 is 9.90 Å². The number of halogens is 1. The largest absolute Gasteiger partial charge is 0.480 e. The molecule has 1 saturated carbocycles. The van der Waals surface area contributed by atoms with E-state index < -0.39 is 11.5 Å². The minimum Gasteiger partial charge on any atom is -0.480 e. The van der Waals surface area contributed by atoms with Gasteiger partial charge in [-0.2, -0.15) is 5.26 Å². The van der Waals surface area contributed by atoms with Crippen molar-refractivity contribution in [2.24, 2.45) is 5.92 Å². The number of benzene rings is 1. The molecule has 0 radical (unpaired) electrons. The van der Waals surface area contributed by atoms with Gasteiger partial charge in [0.25, 0.3) is 0 Å². The number of nitrogens with one attached hydrogen (secondary N) is 1. The first-order valence-corrected chi connectivity index (χ1v) is 6.06. The number of carboxylic acid groups (broad SMARTS) is 1. The molecular weight excluding hydrogens is 252 g/mol. The standard InChI is InChI=1S/C13H13ClN2O2/c1-13(12(17)18,9-3-4-9)16-11-5-2-8(7-15)6-10(11)14/h2,5-6,9,16H,3-4H2,1H3,(H,17,18). The van der Waals surface area contributed by atoms with Crippen LogP contribution in [0.2, 0.25) is 5.02 Å². The number of hydrogen-bond acceptors (Lipinski definition) is 3. The average molecular weight is 265 g/mol. The fourth-order valence-corrected chi connectivity index (χ4v) is 2.18. The van der Waals surface area contributed by atoms with Gasteiger partial charge in [0.05, 0.1) is 22.3 Å². The van der Waals surface area contributed by atoms with E-state index in [-0.39, 0.29) is 5.92 Å². The minimum absolute atomic E-state index is 0.127. The molecule has 2 rings (SSSR count). The van der Waals surface area contributed by atoms with Crippen molar-refractivity contribution in [1.29, 1.82) is 5.26 Å². The van der Waals surface area contributed by atoms with Crippen LogP contribution in [0.25, 0.3) is 0 Å². The summed E-state index contributed by atoms with van der Waals surface area (Å²) in [6.45, 7) is 1.67. The number of rotatable bonds is 4. The summed E-state index contributed by atoms with van der Waals surface area (Å²) in [5, 5.41) is 21.4. The van der Waals surface area contributed by atoms with E-state index in [0.29, 0.717) is 16.3 Å². The van der Waals surface area contributed by atoms with Crippen LogP contribution >= 0.6 is 11.6 Å². The Hall–Kier alpha value is -1.73. The van der Waals surface area contributed by atoms with Gasteiger partial charge >= 0.3 is 5.97 Å². The second-order valence-corrected chi connectivity index (χ2v) is 5.12. The molecule has 4 nitrogen and oxygen atoms in total. The molecule has 5 heteroatoms. The molecule has 2 N–H and O–H groups in total. The number of carboxylic acids is 1. The molecule has 0 aromatic heterocycles. The Morgan fingerprint density at radius 2 is 2.28 bits per heavy atom. The van der Waals surface area contributed by atoms with Crippen molar-refractivity contribution in [2.45, 2.75) is 25.3 Å². The van der Waals surface area contributed by atoms with E-state index in [9.17, 15) is 9.90 Å². The molecule has 0 bridgehead atoms. The third-order valence-corrected chi connectivity index (χ3v) is 3.64. The highest BCUT2D eigenvalue weighted by atomic mass is 35.5. The summed E-state index contributed by atoms with van der Waals surface area (Å²) >= 11 is 6.04.